The van der Waals surface area contributed by atoms with Gasteiger partial charge in [-0.3, -0.25) is 0 Å². The number of ether oxygens (including phenoxy) is 2. The van der Waals surface area contributed by atoms with Crippen molar-refractivity contribution in [3.63, 3.8) is 0 Å². The molecule has 2 aromatic rings. The number of pyridine rings is 1. The van der Waals surface area contributed by atoms with Gasteiger partial charge in [0.25, 0.3) is 0 Å². The molecule has 2 heterocycles. The first kappa shape index (κ1) is 13.3. The lowest BCUT2D eigenvalue weighted by molar-refractivity contribution is 0.131. The number of halogens is 1. The summed E-state index contributed by atoms with van der Waals surface area (Å²) < 4.78 is 11.8. The van der Waals surface area contributed by atoms with Crippen LogP contribution in [0.4, 0.5) is 0 Å². The minimum absolute atomic E-state index is 0.165. The van der Waals surface area contributed by atoms with Crippen LogP contribution in [0.5, 0.6) is 11.5 Å². The molecule has 0 radical (unpaired) electrons. The Balaban J connectivity index is 1.78. The Kier molecular flexibility index (Phi) is 3.30. The Labute approximate surface area is 123 Å². The summed E-state index contributed by atoms with van der Waals surface area (Å²) in [7, 11) is 0. The zero-order chi connectivity index (χ0) is 14.2. The molecule has 3 nitrogen and oxygen atoms in total. The molecule has 0 unspecified atom stereocenters. The Hall–Kier alpha value is -1.74. The Morgan fingerprint density at radius 2 is 2.20 bits per heavy atom. The summed E-state index contributed by atoms with van der Waals surface area (Å²) in [5, 5.41) is 0.474. The molecule has 1 aliphatic heterocycles. The van der Waals surface area contributed by atoms with Crippen molar-refractivity contribution < 1.29 is 9.47 Å². The molecule has 104 valence electrons. The predicted molar refractivity (Wildman–Crippen MR) is 78.4 cm³/mol. The summed E-state index contributed by atoms with van der Waals surface area (Å²) in [5.41, 5.74) is 2.02. The van der Waals surface area contributed by atoms with E-state index in [0.717, 1.165) is 23.5 Å². The molecule has 0 spiro atoms. The number of benzene rings is 1. The molecule has 1 aromatic carbocycles. The van der Waals surface area contributed by atoms with Gasteiger partial charge in [0.15, 0.2) is 11.5 Å². The molecule has 0 saturated heterocycles. The van der Waals surface area contributed by atoms with Gasteiger partial charge in [-0.2, -0.15) is 0 Å². The molecule has 1 aromatic heterocycles. The molecule has 0 bridgehead atoms. The van der Waals surface area contributed by atoms with Gasteiger partial charge >= 0.3 is 0 Å². The van der Waals surface area contributed by atoms with Crippen molar-refractivity contribution in [3.8, 4) is 11.5 Å². The van der Waals surface area contributed by atoms with E-state index in [1.807, 2.05) is 18.2 Å². The fraction of sp³-hybridized carbons (Fsp3) is 0.312. The van der Waals surface area contributed by atoms with E-state index in [9.17, 15) is 0 Å². The van der Waals surface area contributed by atoms with Crippen LogP contribution in [0.3, 0.4) is 0 Å². The Morgan fingerprint density at radius 3 is 3.00 bits per heavy atom. The van der Waals surface area contributed by atoms with Crippen LogP contribution in [0.15, 0.2) is 36.5 Å². The van der Waals surface area contributed by atoms with Gasteiger partial charge < -0.3 is 9.47 Å². The second-order valence-electron chi connectivity index (χ2n) is 5.56. The maximum Gasteiger partial charge on any atom is 0.165 e. The minimum Gasteiger partial charge on any atom is -0.485 e. The van der Waals surface area contributed by atoms with E-state index in [0.29, 0.717) is 11.8 Å². The average Bonchev–Trinajstić information content (AvgIpc) is 2.71. The maximum atomic E-state index is 5.97. The highest BCUT2D eigenvalue weighted by atomic mass is 35.5. The fourth-order valence-corrected chi connectivity index (χ4v) is 2.59. The number of aromatic nitrogens is 1. The van der Waals surface area contributed by atoms with Crippen LogP contribution in [0, 0.1) is 0 Å². The van der Waals surface area contributed by atoms with Crippen LogP contribution >= 0.6 is 11.6 Å². The van der Waals surface area contributed by atoms with Crippen LogP contribution in [0.25, 0.3) is 0 Å². The highest BCUT2D eigenvalue weighted by Gasteiger charge is 2.32. The van der Waals surface area contributed by atoms with Crippen molar-refractivity contribution >= 4 is 11.6 Å². The van der Waals surface area contributed by atoms with Gasteiger partial charge in [0.2, 0.25) is 0 Å². The van der Waals surface area contributed by atoms with Gasteiger partial charge in [-0.15, -0.1) is 0 Å². The molecule has 20 heavy (non-hydrogen) atoms. The zero-order valence-electron chi connectivity index (χ0n) is 11.5. The molecular weight excluding hydrogens is 274 g/mol. The SMILES string of the molecule is CC1(C)Cc2cccc(OCc3ccnc(Cl)c3)c2O1. The number of hydrogen-bond donors (Lipinski definition) is 0. The second kappa shape index (κ2) is 4.98. The van der Waals surface area contributed by atoms with Crippen LogP contribution in [0.1, 0.15) is 25.0 Å². The Bertz CT molecular complexity index is 640. The molecule has 3 rings (SSSR count). The largest absolute Gasteiger partial charge is 0.485 e. The highest BCUT2D eigenvalue weighted by Crippen LogP contribution is 2.41. The van der Waals surface area contributed by atoms with E-state index in [1.165, 1.54) is 5.56 Å². The average molecular weight is 290 g/mol. The van der Waals surface area contributed by atoms with Crippen molar-refractivity contribution in [2.75, 3.05) is 0 Å². The van der Waals surface area contributed by atoms with E-state index in [2.05, 4.69) is 24.9 Å². The second-order valence-corrected chi connectivity index (χ2v) is 5.95. The summed E-state index contributed by atoms with van der Waals surface area (Å²) in [6.45, 7) is 4.61. The smallest absolute Gasteiger partial charge is 0.165 e. The third-order valence-electron chi connectivity index (χ3n) is 3.24. The first-order valence-electron chi connectivity index (χ1n) is 6.58. The van der Waals surface area contributed by atoms with Crippen LogP contribution in [-0.2, 0) is 13.0 Å². The van der Waals surface area contributed by atoms with Gasteiger partial charge in [0, 0.05) is 18.2 Å². The summed E-state index contributed by atoms with van der Waals surface area (Å²) in [5.74, 6) is 1.64. The van der Waals surface area contributed by atoms with Gasteiger partial charge in [-0.25, -0.2) is 4.98 Å². The number of rotatable bonds is 3. The summed E-state index contributed by atoms with van der Waals surface area (Å²) in [6, 6.07) is 9.71. The number of para-hydroxylation sites is 1. The molecule has 0 aliphatic carbocycles. The van der Waals surface area contributed by atoms with E-state index >= 15 is 0 Å². The standard InChI is InChI=1S/C16H16ClNO2/c1-16(2)9-12-4-3-5-13(15(12)20-16)19-10-11-6-7-18-14(17)8-11/h3-8H,9-10H2,1-2H3. The number of nitrogens with zero attached hydrogens (tertiary/aromatic N) is 1. The van der Waals surface area contributed by atoms with Gasteiger partial charge in [-0.1, -0.05) is 23.7 Å². The van der Waals surface area contributed by atoms with Crippen LogP contribution < -0.4 is 9.47 Å². The lowest BCUT2D eigenvalue weighted by atomic mass is 10.0. The lowest BCUT2D eigenvalue weighted by Crippen LogP contribution is -2.24. The lowest BCUT2D eigenvalue weighted by Gasteiger charge is -2.18. The maximum absolute atomic E-state index is 5.97. The Morgan fingerprint density at radius 1 is 1.35 bits per heavy atom. The van der Waals surface area contributed by atoms with Gasteiger partial charge in [0.1, 0.15) is 17.4 Å². The molecule has 0 atom stereocenters. The van der Waals surface area contributed by atoms with Crippen molar-refractivity contribution in [3.05, 3.63) is 52.8 Å². The van der Waals surface area contributed by atoms with E-state index < -0.39 is 0 Å². The molecule has 0 N–H and O–H groups in total. The third-order valence-corrected chi connectivity index (χ3v) is 3.45. The summed E-state index contributed by atoms with van der Waals surface area (Å²) >= 11 is 5.87. The third kappa shape index (κ3) is 2.73. The van der Waals surface area contributed by atoms with E-state index in [1.54, 1.807) is 12.3 Å². The first-order valence-corrected chi connectivity index (χ1v) is 6.95. The predicted octanol–water partition coefficient (Wildman–Crippen LogP) is 4.03. The number of hydrogen-bond acceptors (Lipinski definition) is 3. The van der Waals surface area contributed by atoms with Gasteiger partial charge in [0.05, 0.1) is 0 Å². The van der Waals surface area contributed by atoms with Crippen molar-refractivity contribution in [1.29, 1.82) is 0 Å². The zero-order valence-corrected chi connectivity index (χ0v) is 12.3. The molecule has 0 fully saturated rings. The monoisotopic (exact) mass is 289 g/mol. The van der Waals surface area contributed by atoms with Crippen molar-refractivity contribution in [1.82, 2.24) is 4.98 Å². The van der Waals surface area contributed by atoms with Crippen LogP contribution in [-0.4, -0.2) is 10.6 Å². The summed E-state index contributed by atoms with van der Waals surface area (Å²) in [6.07, 6.45) is 2.58. The molecule has 4 heteroatoms. The first-order chi connectivity index (χ1) is 9.53. The van der Waals surface area contributed by atoms with Crippen molar-refractivity contribution in [2.24, 2.45) is 0 Å². The molecule has 0 amide bonds. The molecule has 0 saturated carbocycles. The highest BCUT2D eigenvalue weighted by molar-refractivity contribution is 6.29. The summed E-state index contributed by atoms with van der Waals surface area (Å²) in [4.78, 5) is 3.96. The fourth-order valence-electron chi connectivity index (χ4n) is 2.39. The van der Waals surface area contributed by atoms with Crippen molar-refractivity contribution in [2.45, 2.75) is 32.5 Å². The number of fused-ring (bicyclic) bond motifs is 1. The van der Waals surface area contributed by atoms with E-state index in [-0.39, 0.29) is 5.60 Å². The topological polar surface area (TPSA) is 31.4 Å². The van der Waals surface area contributed by atoms with Gasteiger partial charge in [-0.05, 0) is 37.6 Å². The minimum atomic E-state index is -0.165. The van der Waals surface area contributed by atoms with Crippen LogP contribution in [0.2, 0.25) is 5.15 Å². The quantitative estimate of drug-likeness (QED) is 0.800. The van der Waals surface area contributed by atoms with E-state index in [4.69, 9.17) is 21.1 Å². The molecular formula is C16H16ClNO2. The normalized spacial score (nSPS) is 15.6. The molecule has 1 aliphatic rings.